The van der Waals surface area contributed by atoms with Crippen LogP contribution in [0.4, 0.5) is 0 Å². The Morgan fingerprint density at radius 3 is 2.30 bits per heavy atom. The Balaban J connectivity index is 1.91. The quantitative estimate of drug-likeness (QED) is 0.781. The van der Waals surface area contributed by atoms with Gasteiger partial charge < -0.3 is 10.2 Å². The summed E-state index contributed by atoms with van der Waals surface area (Å²) in [7, 11) is 4.53. The van der Waals surface area contributed by atoms with Crippen LogP contribution < -0.4 is 5.32 Å². The predicted molar refractivity (Wildman–Crippen MR) is 88.1 cm³/mol. The molecule has 118 valence electrons. The molecule has 2 heteroatoms. The number of hydrogen-bond donors (Lipinski definition) is 1. The van der Waals surface area contributed by atoms with E-state index in [0.717, 1.165) is 18.0 Å². The SMILES string of the molecule is CNC1CCC(C)(C)CC1CN(C)C1CCCCCC1. The monoisotopic (exact) mass is 280 g/mol. The van der Waals surface area contributed by atoms with Crippen molar-refractivity contribution in [2.45, 2.75) is 83.7 Å². The van der Waals surface area contributed by atoms with Gasteiger partial charge >= 0.3 is 0 Å². The molecule has 2 atom stereocenters. The lowest BCUT2D eigenvalue weighted by atomic mass is 9.69. The van der Waals surface area contributed by atoms with E-state index in [9.17, 15) is 0 Å². The fraction of sp³-hybridized carbons (Fsp3) is 1.00. The Kier molecular flexibility index (Phi) is 5.92. The molecule has 0 spiro atoms. The largest absolute Gasteiger partial charge is 0.317 e. The lowest BCUT2D eigenvalue weighted by Gasteiger charge is -2.43. The minimum Gasteiger partial charge on any atom is -0.317 e. The number of nitrogens with one attached hydrogen (secondary N) is 1. The van der Waals surface area contributed by atoms with Crippen LogP contribution in [-0.2, 0) is 0 Å². The lowest BCUT2D eigenvalue weighted by Crippen LogP contribution is -2.47. The van der Waals surface area contributed by atoms with E-state index >= 15 is 0 Å². The van der Waals surface area contributed by atoms with Gasteiger partial charge in [0.1, 0.15) is 0 Å². The van der Waals surface area contributed by atoms with Gasteiger partial charge in [-0.25, -0.2) is 0 Å². The molecule has 0 aromatic heterocycles. The molecule has 2 nitrogen and oxygen atoms in total. The molecule has 2 rings (SSSR count). The van der Waals surface area contributed by atoms with Crippen LogP contribution >= 0.6 is 0 Å². The molecule has 2 aliphatic rings. The molecule has 0 amide bonds. The summed E-state index contributed by atoms with van der Waals surface area (Å²) in [5.41, 5.74) is 0.544. The normalized spacial score (nSPS) is 32.2. The van der Waals surface area contributed by atoms with E-state index in [4.69, 9.17) is 0 Å². The van der Waals surface area contributed by atoms with Crippen LogP contribution in [0.5, 0.6) is 0 Å². The highest BCUT2D eigenvalue weighted by atomic mass is 15.1. The van der Waals surface area contributed by atoms with Gasteiger partial charge in [0, 0.05) is 18.6 Å². The highest BCUT2D eigenvalue weighted by molar-refractivity contribution is 4.90. The molecule has 1 N–H and O–H groups in total. The van der Waals surface area contributed by atoms with Crippen LogP contribution in [0.3, 0.4) is 0 Å². The van der Waals surface area contributed by atoms with Gasteiger partial charge in [-0.15, -0.1) is 0 Å². The van der Waals surface area contributed by atoms with Crippen molar-refractivity contribution in [3.8, 4) is 0 Å². The summed E-state index contributed by atoms with van der Waals surface area (Å²) in [5, 5.41) is 3.59. The van der Waals surface area contributed by atoms with E-state index in [-0.39, 0.29) is 0 Å². The van der Waals surface area contributed by atoms with E-state index in [1.807, 2.05) is 0 Å². The van der Waals surface area contributed by atoms with Gasteiger partial charge in [0.15, 0.2) is 0 Å². The fourth-order valence-corrected chi connectivity index (χ4v) is 4.53. The first kappa shape index (κ1) is 16.3. The van der Waals surface area contributed by atoms with E-state index in [1.165, 1.54) is 64.3 Å². The van der Waals surface area contributed by atoms with Crippen molar-refractivity contribution in [3.05, 3.63) is 0 Å². The first-order chi connectivity index (χ1) is 9.52. The Labute approximate surface area is 126 Å². The molecule has 0 bridgehead atoms. The van der Waals surface area contributed by atoms with Gasteiger partial charge in [-0.05, 0) is 57.5 Å². The maximum atomic E-state index is 3.59. The van der Waals surface area contributed by atoms with Crippen LogP contribution in [0.2, 0.25) is 0 Å². The average Bonchev–Trinajstić information content (AvgIpc) is 2.67. The van der Waals surface area contributed by atoms with E-state index in [2.05, 4.69) is 38.2 Å². The van der Waals surface area contributed by atoms with Gasteiger partial charge in [-0.1, -0.05) is 39.5 Å². The molecule has 2 aliphatic carbocycles. The van der Waals surface area contributed by atoms with Crippen molar-refractivity contribution in [2.75, 3.05) is 20.6 Å². The Bertz CT molecular complexity index is 279. The third-order valence-electron chi connectivity index (χ3n) is 5.86. The number of hydrogen-bond acceptors (Lipinski definition) is 2. The molecule has 0 heterocycles. The molecule has 0 radical (unpaired) electrons. The zero-order valence-electron chi connectivity index (χ0n) is 14.3. The van der Waals surface area contributed by atoms with Crippen LogP contribution in [0.1, 0.15) is 71.6 Å². The summed E-state index contributed by atoms with van der Waals surface area (Å²) in [6.45, 7) is 6.20. The summed E-state index contributed by atoms with van der Waals surface area (Å²) >= 11 is 0. The molecular weight excluding hydrogens is 244 g/mol. The van der Waals surface area contributed by atoms with E-state index < -0.39 is 0 Å². The second-order valence-electron chi connectivity index (χ2n) is 8.15. The topological polar surface area (TPSA) is 15.3 Å². The minimum atomic E-state index is 0.544. The van der Waals surface area contributed by atoms with Crippen LogP contribution in [-0.4, -0.2) is 37.6 Å². The van der Waals surface area contributed by atoms with Gasteiger partial charge in [0.25, 0.3) is 0 Å². The number of rotatable bonds is 4. The van der Waals surface area contributed by atoms with Crippen molar-refractivity contribution in [3.63, 3.8) is 0 Å². The molecular formula is C18H36N2. The molecule has 2 fully saturated rings. The molecule has 2 saturated carbocycles. The molecule has 2 unspecified atom stereocenters. The fourth-order valence-electron chi connectivity index (χ4n) is 4.53. The second kappa shape index (κ2) is 7.26. The molecule has 0 aliphatic heterocycles. The summed E-state index contributed by atoms with van der Waals surface area (Å²) in [4.78, 5) is 2.70. The molecule has 0 saturated heterocycles. The summed E-state index contributed by atoms with van der Waals surface area (Å²) in [6.07, 6.45) is 12.8. The van der Waals surface area contributed by atoms with Gasteiger partial charge in [0.2, 0.25) is 0 Å². The zero-order valence-corrected chi connectivity index (χ0v) is 14.3. The highest BCUT2D eigenvalue weighted by Crippen LogP contribution is 2.39. The smallest absolute Gasteiger partial charge is 0.0105 e. The average molecular weight is 280 g/mol. The highest BCUT2D eigenvalue weighted by Gasteiger charge is 2.35. The molecule has 0 aromatic rings. The first-order valence-electron chi connectivity index (χ1n) is 8.89. The van der Waals surface area contributed by atoms with Gasteiger partial charge in [-0.2, -0.15) is 0 Å². The Hall–Kier alpha value is -0.0800. The first-order valence-corrected chi connectivity index (χ1v) is 8.89. The van der Waals surface area contributed by atoms with Crippen molar-refractivity contribution in [1.82, 2.24) is 10.2 Å². The van der Waals surface area contributed by atoms with Crippen molar-refractivity contribution in [1.29, 1.82) is 0 Å². The Morgan fingerprint density at radius 2 is 1.70 bits per heavy atom. The maximum absolute atomic E-state index is 3.59. The van der Waals surface area contributed by atoms with Crippen molar-refractivity contribution in [2.24, 2.45) is 11.3 Å². The standard InChI is InChI=1S/C18H36N2/c1-18(2)12-11-17(19-3)15(13-18)14-20(4)16-9-7-5-6-8-10-16/h15-17,19H,5-14H2,1-4H3. The molecule has 20 heavy (non-hydrogen) atoms. The third kappa shape index (κ3) is 4.46. The summed E-state index contributed by atoms with van der Waals surface area (Å²) < 4.78 is 0. The van der Waals surface area contributed by atoms with Crippen molar-refractivity contribution >= 4 is 0 Å². The minimum absolute atomic E-state index is 0.544. The summed E-state index contributed by atoms with van der Waals surface area (Å²) in [5.74, 6) is 0.831. The van der Waals surface area contributed by atoms with Crippen LogP contribution in [0.25, 0.3) is 0 Å². The Morgan fingerprint density at radius 1 is 1.05 bits per heavy atom. The second-order valence-corrected chi connectivity index (χ2v) is 8.15. The molecule has 0 aromatic carbocycles. The van der Waals surface area contributed by atoms with Crippen molar-refractivity contribution < 1.29 is 0 Å². The number of nitrogens with zero attached hydrogens (tertiary/aromatic N) is 1. The lowest BCUT2D eigenvalue weighted by molar-refractivity contribution is 0.0930. The third-order valence-corrected chi connectivity index (χ3v) is 5.86. The maximum Gasteiger partial charge on any atom is 0.0105 e. The van der Waals surface area contributed by atoms with Gasteiger partial charge in [0.05, 0.1) is 0 Å². The predicted octanol–water partition coefficient (Wildman–Crippen LogP) is 4.06. The van der Waals surface area contributed by atoms with E-state index in [1.54, 1.807) is 0 Å². The summed E-state index contributed by atoms with van der Waals surface area (Å²) in [6, 6.07) is 1.58. The van der Waals surface area contributed by atoms with E-state index in [0.29, 0.717) is 5.41 Å². The van der Waals surface area contributed by atoms with Gasteiger partial charge in [-0.3, -0.25) is 0 Å². The zero-order chi connectivity index (χ0) is 14.6. The van der Waals surface area contributed by atoms with Crippen LogP contribution in [0.15, 0.2) is 0 Å². The van der Waals surface area contributed by atoms with Crippen LogP contribution in [0, 0.1) is 11.3 Å².